The zero-order valence-corrected chi connectivity index (χ0v) is 8.77. The first-order chi connectivity index (χ1) is 5.97. The van der Waals surface area contributed by atoms with Gasteiger partial charge in [0.15, 0.2) is 11.5 Å². The zero-order valence-electron chi connectivity index (χ0n) is 8.77. The van der Waals surface area contributed by atoms with Crippen molar-refractivity contribution < 1.29 is 4.74 Å². The second-order valence-corrected chi connectivity index (χ2v) is 5.04. The molecule has 1 aliphatic heterocycles. The highest BCUT2D eigenvalue weighted by Gasteiger charge is 2.28. The topological polar surface area (TPSA) is 12.5 Å². The fourth-order valence-corrected chi connectivity index (χ4v) is 1.64. The summed E-state index contributed by atoms with van der Waals surface area (Å²) in [5.41, 5.74) is 2.95. The van der Waals surface area contributed by atoms with E-state index in [0.29, 0.717) is 5.41 Å². The molecule has 0 bridgehead atoms. The summed E-state index contributed by atoms with van der Waals surface area (Å²) in [6.07, 6.45) is 1.09. The molecule has 0 spiro atoms. The highest BCUT2D eigenvalue weighted by Crippen LogP contribution is 2.51. The number of aryl methyl sites for hydroxylation is 1. The van der Waals surface area contributed by atoms with Gasteiger partial charge in [-0.2, -0.15) is 0 Å². The van der Waals surface area contributed by atoms with Crippen molar-refractivity contribution in [1.29, 1.82) is 0 Å². The van der Waals surface area contributed by atoms with Crippen molar-refractivity contribution >= 4 is 0 Å². The van der Waals surface area contributed by atoms with Gasteiger partial charge in [0.05, 0.1) is 0 Å². The van der Waals surface area contributed by atoms with Crippen LogP contribution in [0.1, 0.15) is 31.9 Å². The van der Waals surface area contributed by atoms with Crippen LogP contribution in [0.2, 0.25) is 0 Å². The van der Waals surface area contributed by atoms with Gasteiger partial charge >= 0.3 is 0 Å². The van der Waals surface area contributed by atoms with Crippen molar-refractivity contribution in [2.75, 3.05) is 0 Å². The number of ether oxygens (including phenoxy) is 1. The van der Waals surface area contributed by atoms with Gasteiger partial charge in [-0.25, -0.2) is 0 Å². The standard InChI is InChI=1S/C12H16O/c1-8-5-6-9(7-12(2,3)4)11-10(8)13-11/h5-6H,7H2,1-4H3. The molecule has 0 saturated heterocycles. The van der Waals surface area contributed by atoms with Crippen LogP contribution in [-0.4, -0.2) is 0 Å². The van der Waals surface area contributed by atoms with E-state index in [-0.39, 0.29) is 0 Å². The van der Waals surface area contributed by atoms with E-state index in [9.17, 15) is 0 Å². The lowest BCUT2D eigenvalue weighted by Gasteiger charge is -2.16. The fourth-order valence-electron chi connectivity index (χ4n) is 1.64. The van der Waals surface area contributed by atoms with Crippen molar-refractivity contribution in [2.24, 2.45) is 5.41 Å². The second-order valence-electron chi connectivity index (χ2n) is 5.04. The molecule has 1 heteroatoms. The summed E-state index contributed by atoms with van der Waals surface area (Å²) in [4.78, 5) is 0. The smallest absolute Gasteiger partial charge is 0.173 e. The molecule has 0 saturated carbocycles. The number of fused-ring (bicyclic) bond motifs is 1. The highest BCUT2D eigenvalue weighted by atomic mass is 16.6. The maximum Gasteiger partial charge on any atom is 0.173 e. The van der Waals surface area contributed by atoms with Gasteiger partial charge in [-0.1, -0.05) is 32.9 Å². The molecule has 0 N–H and O–H groups in total. The van der Waals surface area contributed by atoms with Gasteiger partial charge in [-0.15, -0.1) is 0 Å². The van der Waals surface area contributed by atoms with Gasteiger partial charge in [0, 0.05) is 0 Å². The summed E-state index contributed by atoms with van der Waals surface area (Å²) in [6.45, 7) is 8.84. The molecule has 0 fully saturated rings. The van der Waals surface area contributed by atoms with E-state index >= 15 is 0 Å². The molecule has 2 rings (SSSR count). The average molecular weight is 176 g/mol. The lowest BCUT2D eigenvalue weighted by atomic mass is 9.88. The quantitative estimate of drug-likeness (QED) is 0.604. The van der Waals surface area contributed by atoms with Crippen molar-refractivity contribution in [3.63, 3.8) is 0 Å². The maximum atomic E-state index is 5.45. The molecule has 0 amide bonds. The predicted octanol–water partition coefficient (Wildman–Crippen LogP) is 3.69. The number of hydrogen-bond acceptors (Lipinski definition) is 1. The number of hydrogen-bond donors (Lipinski definition) is 0. The summed E-state index contributed by atoms with van der Waals surface area (Å²) < 4.78 is 5.45. The Bertz CT molecular complexity index is 345. The third-order valence-electron chi connectivity index (χ3n) is 2.27. The minimum absolute atomic E-state index is 0.342. The molecule has 1 heterocycles. The van der Waals surface area contributed by atoms with E-state index in [2.05, 4.69) is 39.8 Å². The van der Waals surface area contributed by atoms with Crippen LogP contribution < -0.4 is 4.74 Å². The molecule has 1 aromatic rings. The van der Waals surface area contributed by atoms with E-state index in [1.165, 1.54) is 11.1 Å². The van der Waals surface area contributed by atoms with E-state index < -0.39 is 0 Å². The van der Waals surface area contributed by atoms with E-state index in [4.69, 9.17) is 4.74 Å². The lowest BCUT2D eigenvalue weighted by Crippen LogP contribution is -2.08. The highest BCUT2D eigenvalue weighted by molar-refractivity contribution is 5.63. The Morgan fingerprint density at radius 3 is 2.46 bits per heavy atom. The van der Waals surface area contributed by atoms with E-state index in [0.717, 1.165) is 17.9 Å². The molecule has 13 heavy (non-hydrogen) atoms. The predicted molar refractivity (Wildman–Crippen MR) is 54.4 cm³/mol. The molecular weight excluding hydrogens is 160 g/mol. The molecular formula is C12H16O. The molecule has 1 aliphatic rings. The maximum absolute atomic E-state index is 5.45. The third-order valence-corrected chi connectivity index (χ3v) is 2.27. The van der Waals surface area contributed by atoms with Crippen LogP contribution in [0.5, 0.6) is 11.5 Å². The molecule has 0 aliphatic carbocycles. The van der Waals surface area contributed by atoms with Crippen LogP contribution in [0.4, 0.5) is 0 Å². The monoisotopic (exact) mass is 176 g/mol. The molecule has 70 valence electrons. The first-order valence-corrected chi connectivity index (χ1v) is 4.78. The van der Waals surface area contributed by atoms with Gasteiger partial charge in [-0.05, 0) is 29.9 Å². The summed E-state index contributed by atoms with van der Waals surface area (Å²) >= 11 is 0. The molecule has 0 radical (unpaired) electrons. The van der Waals surface area contributed by atoms with Crippen molar-refractivity contribution in [1.82, 2.24) is 0 Å². The molecule has 0 atom stereocenters. The summed E-state index contributed by atoms with van der Waals surface area (Å²) in [5.74, 6) is 2.25. The SMILES string of the molecule is Cc1ccc(CC(C)(C)C)c2c1O2. The lowest BCUT2D eigenvalue weighted by molar-refractivity contribution is 0.409. The van der Waals surface area contributed by atoms with Crippen molar-refractivity contribution in [2.45, 2.75) is 34.1 Å². The number of benzene rings is 1. The molecule has 1 nitrogen and oxygen atoms in total. The Kier molecular flexibility index (Phi) is 1.66. The van der Waals surface area contributed by atoms with Crippen LogP contribution in [0.3, 0.4) is 0 Å². The van der Waals surface area contributed by atoms with E-state index in [1.807, 2.05) is 0 Å². The average Bonchev–Trinajstić information content (AvgIpc) is 2.71. The minimum atomic E-state index is 0.342. The van der Waals surface area contributed by atoms with Crippen LogP contribution >= 0.6 is 0 Å². The molecule has 0 aromatic heterocycles. The number of rotatable bonds is 1. The third kappa shape index (κ3) is 1.69. The fraction of sp³-hybridized carbons (Fsp3) is 0.500. The van der Waals surface area contributed by atoms with Gasteiger partial charge in [0.1, 0.15) is 0 Å². The normalized spacial score (nSPS) is 13.5. The first kappa shape index (κ1) is 8.61. The Morgan fingerprint density at radius 1 is 1.15 bits per heavy atom. The molecule has 0 unspecified atom stereocenters. The summed E-state index contributed by atoms with van der Waals surface area (Å²) in [7, 11) is 0. The second kappa shape index (κ2) is 2.50. The van der Waals surface area contributed by atoms with Crippen LogP contribution in [0.25, 0.3) is 0 Å². The van der Waals surface area contributed by atoms with Crippen LogP contribution in [0, 0.1) is 12.3 Å². The largest absolute Gasteiger partial charge is 0.449 e. The van der Waals surface area contributed by atoms with Crippen LogP contribution in [0.15, 0.2) is 12.1 Å². The Morgan fingerprint density at radius 2 is 1.85 bits per heavy atom. The van der Waals surface area contributed by atoms with Gasteiger partial charge < -0.3 is 4.74 Å². The van der Waals surface area contributed by atoms with Crippen molar-refractivity contribution in [3.8, 4) is 11.5 Å². The summed E-state index contributed by atoms with van der Waals surface area (Å²) in [5, 5.41) is 0. The van der Waals surface area contributed by atoms with Gasteiger partial charge in [-0.3, -0.25) is 0 Å². The molecule has 1 aromatic carbocycles. The Balaban J connectivity index is 2.26. The van der Waals surface area contributed by atoms with Crippen LogP contribution in [-0.2, 0) is 6.42 Å². The zero-order chi connectivity index (χ0) is 9.64. The van der Waals surface area contributed by atoms with Crippen molar-refractivity contribution in [3.05, 3.63) is 23.3 Å². The first-order valence-electron chi connectivity index (χ1n) is 4.78. The van der Waals surface area contributed by atoms with E-state index in [1.54, 1.807) is 0 Å². The Labute approximate surface area is 79.7 Å². The van der Waals surface area contributed by atoms with Gasteiger partial charge in [0.25, 0.3) is 0 Å². The summed E-state index contributed by atoms with van der Waals surface area (Å²) in [6, 6.07) is 4.33. The Hall–Kier alpha value is -0.980. The minimum Gasteiger partial charge on any atom is -0.449 e. The van der Waals surface area contributed by atoms with Gasteiger partial charge in [0.2, 0.25) is 0 Å².